The molecule has 0 aliphatic carbocycles. The van der Waals surface area contributed by atoms with Crippen LogP contribution >= 0.6 is 0 Å². The van der Waals surface area contributed by atoms with Crippen molar-refractivity contribution in [3.8, 4) is 0 Å². The summed E-state index contributed by atoms with van der Waals surface area (Å²) >= 11 is 0. The van der Waals surface area contributed by atoms with Gasteiger partial charge in [0, 0.05) is 12.6 Å². The van der Waals surface area contributed by atoms with E-state index in [1.807, 2.05) is 0 Å². The molecule has 1 aliphatic rings. The predicted octanol–water partition coefficient (Wildman–Crippen LogP) is 0.722. The third-order valence-corrected chi connectivity index (χ3v) is 1.99. The molecule has 0 unspecified atom stereocenters. The number of carbonyl (C=O) groups excluding carboxylic acids is 2. The molecule has 0 bridgehead atoms. The maximum absolute atomic E-state index is 11.2. The van der Waals surface area contributed by atoms with Gasteiger partial charge in [0.25, 0.3) is 0 Å². The number of rotatable bonds is 4. The quantitative estimate of drug-likeness (QED) is 0.390. The maximum atomic E-state index is 11.2. The van der Waals surface area contributed by atoms with Gasteiger partial charge in [0.05, 0.1) is 13.2 Å². The van der Waals surface area contributed by atoms with E-state index >= 15 is 0 Å². The van der Waals surface area contributed by atoms with Gasteiger partial charge in [-0.2, -0.15) is 0 Å². The molecule has 1 rings (SSSR count). The Bertz CT molecular complexity index is 298. The Morgan fingerprint density at radius 1 is 1.80 bits per heavy atom. The van der Waals surface area contributed by atoms with Crippen LogP contribution in [0.1, 0.15) is 0 Å². The van der Waals surface area contributed by atoms with Crippen molar-refractivity contribution >= 4 is 12.1 Å². The summed E-state index contributed by atoms with van der Waals surface area (Å²) in [5.41, 5.74) is 0. The zero-order chi connectivity index (χ0) is 11.3. The van der Waals surface area contributed by atoms with Gasteiger partial charge in [-0.25, -0.2) is 9.59 Å². The highest BCUT2D eigenvalue weighted by Crippen LogP contribution is 2.13. The molecule has 82 valence electrons. The fourth-order valence-electron chi connectivity index (χ4n) is 1.23. The molecule has 5 nitrogen and oxygen atoms in total. The first-order valence-corrected chi connectivity index (χ1v) is 4.49. The molecule has 5 heteroatoms. The molecule has 1 saturated heterocycles. The largest absolute Gasteiger partial charge is 0.466 e. The van der Waals surface area contributed by atoms with Crippen LogP contribution in [0.25, 0.3) is 0 Å². The number of esters is 1. The van der Waals surface area contributed by atoms with E-state index in [1.54, 1.807) is 12.2 Å². The zero-order valence-corrected chi connectivity index (χ0v) is 8.51. The van der Waals surface area contributed by atoms with Gasteiger partial charge in [-0.1, -0.05) is 12.2 Å². The molecular weight excluding hydrogens is 198 g/mol. The molecule has 0 spiro atoms. The predicted molar refractivity (Wildman–Crippen MR) is 53.2 cm³/mol. The SMILES string of the molecule is C=CCN1C(=O)OC[C@H]1/C=C/C(=O)OC. The molecule has 0 saturated carbocycles. The van der Waals surface area contributed by atoms with Crippen LogP contribution in [0.4, 0.5) is 4.79 Å². The number of amides is 1. The minimum atomic E-state index is -0.451. The van der Waals surface area contributed by atoms with E-state index in [2.05, 4.69) is 11.3 Å². The second kappa shape index (κ2) is 5.19. The number of cyclic esters (lactones) is 1. The van der Waals surface area contributed by atoms with Crippen LogP contribution in [-0.2, 0) is 14.3 Å². The number of hydrogen-bond acceptors (Lipinski definition) is 4. The fraction of sp³-hybridized carbons (Fsp3) is 0.400. The standard InChI is InChI=1S/C10H13NO4/c1-3-6-11-8(7-15-10(11)13)4-5-9(12)14-2/h3-5,8H,1,6-7H2,2H3/b5-4+/t8-/m1/s1. The van der Waals surface area contributed by atoms with Gasteiger partial charge in [-0.3, -0.25) is 4.90 Å². The molecule has 1 fully saturated rings. The minimum absolute atomic E-state index is 0.227. The van der Waals surface area contributed by atoms with Crippen LogP contribution in [0.5, 0.6) is 0 Å². The van der Waals surface area contributed by atoms with Gasteiger partial charge in [0.1, 0.15) is 6.61 Å². The first-order chi connectivity index (χ1) is 7.19. The lowest BCUT2D eigenvalue weighted by molar-refractivity contribution is -0.134. The van der Waals surface area contributed by atoms with Gasteiger partial charge in [-0.05, 0) is 0 Å². The molecule has 1 aliphatic heterocycles. The highest BCUT2D eigenvalue weighted by molar-refractivity contribution is 5.82. The number of carbonyl (C=O) groups is 2. The highest BCUT2D eigenvalue weighted by atomic mass is 16.6. The van der Waals surface area contributed by atoms with Crippen molar-refractivity contribution in [2.75, 3.05) is 20.3 Å². The molecule has 15 heavy (non-hydrogen) atoms. The van der Waals surface area contributed by atoms with E-state index in [0.29, 0.717) is 6.54 Å². The second-order valence-corrected chi connectivity index (χ2v) is 2.97. The van der Waals surface area contributed by atoms with Gasteiger partial charge in [0.15, 0.2) is 0 Å². The lowest BCUT2D eigenvalue weighted by atomic mass is 10.2. The van der Waals surface area contributed by atoms with Crippen LogP contribution in [0.15, 0.2) is 24.8 Å². The highest BCUT2D eigenvalue weighted by Gasteiger charge is 2.29. The van der Waals surface area contributed by atoms with Crippen molar-refractivity contribution in [1.82, 2.24) is 4.90 Å². The Labute approximate surface area is 87.9 Å². The van der Waals surface area contributed by atoms with Crippen molar-refractivity contribution in [2.24, 2.45) is 0 Å². The second-order valence-electron chi connectivity index (χ2n) is 2.97. The summed E-state index contributed by atoms with van der Waals surface area (Å²) in [5, 5.41) is 0. The maximum Gasteiger partial charge on any atom is 0.410 e. The Morgan fingerprint density at radius 2 is 2.53 bits per heavy atom. The van der Waals surface area contributed by atoms with E-state index in [1.165, 1.54) is 18.1 Å². The summed E-state index contributed by atoms with van der Waals surface area (Å²) in [6, 6.07) is -0.227. The molecular formula is C10H13NO4. The van der Waals surface area contributed by atoms with Gasteiger partial charge in [0.2, 0.25) is 0 Å². The summed E-state index contributed by atoms with van der Waals surface area (Å²) < 4.78 is 9.27. The number of nitrogens with zero attached hydrogens (tertiary/aromatic N) is 1. The average molecular weight is 211 g/mol. The lowest BCUT2D eigenvalue weighted by Crippen LogP contribution is -2.32. The third kappa shape index (κ3) is 2.83. The molecule has 1 heterocycles. The average Bonchev–Trinajstić information content (AvgIpc) is 2.58. The summed E-state index contributed by atoms with van der Waals surface area (Å²) in [5.74, 6) is -0.451. The van der Waals surface area contributed by atoms with E-state index in [0.717, 1.165) is 0 Å². The summed E-state index contributed by atoms with van der Waals surface area (Å²) in [6.45, 7) is 4.19. The van der Waals surface area contributed by atoms with E-state index in [4.69, 9.17) is 4.74 Å². The molecule has 1 atom stereocenters. The Balaban J connectivity index is 2.61. The van der Waals surface area contributed by atoms with Crippen molar-refractivity contribution in [3.63, 3.8) is 0 Å². The topological polar surface area (TPSA) is 55.8 Å². The first-order valence-electron chi connectivity index (χ1n) is 4.49. The third-order valence-electron chi connectivity index (χ3n) is 1.99. The zero-order valence-electron chi connectivity index (χ0n) is 8.51. The molecule has 0 aromatic carbocycles. The minimum Gasteiger partial charge on any atom is -0.466 e. The van der Waals surface area contributed by atoms with Crippen LogP contribution in [0, 0.1) is 0 Å². The Hall–Kier alpha value is -1.78. The summed E-state index contributed by atoms with van der Waals surface area (Å²) in [6.07, 6.45) is 4.07. The van der Waals surface area contributed by atoms with Crippen molar-refractivity contribution in [2.45, 2.75) is 6.04 Å². The van der Waals surface area contributed by atoms with E-state index in [-0.39, 0.29) is 12.6 Å². The van der Waals surface area contributed by atoms with Crippen molar-refractivity contribution in [3.05, 3.63) is 24.8 Å². The first kappa shape index (κ1) is 11.3. The number of ether oxygens (including phenoxy) is 2. The monoisotopic (exact) mass is 211 g/mol. The van der Waals surface area contributed by atoms with Crippen LogP contribution < -0.4 is 0 Å². The van der Waals surface area contributed by atoms with E-state index in [9.17, 15) is 9.59 Å². The molecule has 0 N–H and O–H groups in total. The molecule has 0 aromatic heterocycles. The van der Waals surface area contributed by atoms with Crippen molar-refractivity contribution < 1.29 is 19.1 Å². The van der Waals surface area contributed by atoms with Crippen LogP contribution in [-0.4, -0.2) is 43.3 Å². The summed E-state index contributed by atoms with van der Waals surface area (Å²) in [7, 11) is 1.30. The van der Waals surface area contributed by atoms with Gasteiger partial charge >= 0.3 is 12.1 Å². The lowest BCUT2D eigenvalue weighted by Gasteiger charge is -2.15. The molecule has 0 radical (unpaired) electrons. The number of hydrogen-bond donors (Lipinski definition) is 0. The normalized spacial score (nSPS) is 20.5. The fourth-order valence-corrected chi connectivity index (χ4v) is 1.23. The van der Waals surface area contributed by atoms with Gasteiger partial charge < -0.3 is 9.47 Å². The Kier molecular flexibility index (Phi) is 3.91. The smallest absolute Gasteiger partial charge is 0.410 e. The Morgan fingerprint density at radius 3 is 3.13 bits per heavy atom. The van der Waals surface area contributed by atoms with Crippen molar-refractivity contribution in [1.29, 1.82) is 0 Å². The number of methoxy groups -OCH3 is 1. The van der Waals surface area contributed by atoms with Gasteiger partial charge in [-0.15, -0.1) is 6.58 Å². The van der Waals surface area contributed by atoms with E-state index < -0.39 is 12.1 Å². The molecule has 0 aromatic rings. The summed E-state index contributed by atoms with van der Waals surface area (Å²) in [4.78, 5) is 23.5. The van der Waals surface area contributed by atoms with Crippen LogP contribution in [0.2, 0.25) is 0 Å². The molecule has 1 amide bonds. The van der Waals surface area contributed by atoms with Crippen LogP contribution in [0.3, 0.4) is 0 Å².